The van der Waals surface area contributed by atoms with Gasteiger partial charge in [-0.05, 0) is 72.9 Å². The van der Waals surface area contributed by atoms with Crippen molar-refractivity contribution >= 4 is 11.6 Å². The highest BCUT2D eigenvalue weighted by Gasteiger charge is 2.31. The Kier molecular flexibility index (Phi) is 9.01. The van der Waals surface area contributed by atoms with Crippen LogP contribution in [0.25, 0.3) is 0 Å². The first kappa shape index (κ1) is 28.4. The number of aromatic nitrogens is 1. The highest BCUT2D eigenvalue weighted by Crippen LogP contribution is 2.30. The molecule has 4 rings (SSSR count). The van der Waals surface area contributed by atoms with Gasteiger partial charge in [-0.15, -0.1) is 0 Å². The van der Waals surface area contributed by atoms with Crippen molar-refractivity contribution in [1.29, 1.82) is 0 Å². The first-order valence-corrected chi connectivity index (χ1v) is 13.9. The zero-order chi connectivity index (χ0) is 27.3. The summed E-state index contributed by atoms with van der Waals surface area (Å²) in [7, 11) is 0. The van der Waals surface area contributed by atoms with Gasteiger partial charge < -0.3 is 9.80 Å². The van der Waals surface area contributed by atoms with Gasteiger partial charge in [0.1, 0.15) is 0 Å². The van der Waals surface area contributed by atoms with Crippen molar-refractivity contribution in [1.82, 2.24) is 14.8 Å². The number of hydrogen-bond acceptors (Lipinski definition) is 4. The Morgan fingerprint density at radius 3 is 2.34 bits per heavy atom. The standard InChI is InChI=1S/C30H41F3N4O/c1-29(2,3)25-8-10-27(11-9-25)36-16-14-35(15-17-36)12-5-7-28(38)37-13-4-6-23(22-37)18-24-19-26(21-34-20-24)30(31,32)33/h8-11,19-21,23H,4-7,12-18,22H2,1-3H3/t23-/m1/s1. The van der Waals surface area contributed by atoms with Crippen LogP contribution in [0.15, 0.2) is 42.7 Å². The largest absolute Gasteiger partial charge is 0.417 e. The van der Waals surface area contributed by atoms with Crippen LogP contribution in [-0.2, 0) is 22.8 Å². The van der Waals surface area contributed by atoms with Crippen LogP contribution in [0.2, 0.25) is 0 Å². The van der Waals surface area contributed by atoms with Crippen LogP contribution in [0, 0.1) is 5.92 Å². The molecule has 0 saturated carbocycles. The van der Waals surface area contributed by atoms with E-state index in [0.717, 1.165) is 64.7 Å². The van der Waals surface area contributed by atoms with Gasteiger partial charge in [-0.25, -0.2) is 0 Å². The summed E-state index contributed by atoms with van der Waals surface area (Å²) in [5.41, 5.74) is 2.65. The van der Waals surface area contributed by atoms with Crippen LogP contribution in [0.5, 0.6) is 0 Å². The lowest BCUT2D eigenvalue weighted by Gasteiger charge is -2.36. The number of carbonyl (C=O) groups excluding carboxylic acids is 1. The summed E-state index contributed by atoms with van der Waals surface area (Å²) in [4.78, 5) is 23.5. The Balaban J connectivity index is 1.18. The summed E-state index contributed by atoms with van der Waals surface area (Å²) in [5.74, 6) is 0.331. The lowest BCUT2D eigenvalue weighted by atomic mass is 9.87. The number of piperidine rings is 1. The highest BCUT2D eigenvalue weighted by atomic mass is 19.4. The molecular formula is C30H41F3N4O. The van der Waals surface area contributed by atoms with Gasteiger partial charge >= 0.3 is 6.18 Å². The van der Waals surface area contributed by atoms with E-state index in [0.29, 0.717) is 24.9 Å². The zero-order valence-electron chi connectivity index (χ0n) is 22.9. The fourth-order valence-corrected chi connectivity index (χ4v) is 5.56. The normalized spacial score (nSPS) is 19.6. The first-order chi connectivity index (χ1) is 18.0. The lowest BCUT2D eigenvalue weighted by Crippen LogP contribution is -2.47. The molecule has 2 aromatic rings. The summed E-state index contributed by atoms with van der Waals surface area (Å²) in [5, 5.41) is 0. The Bertz CT molecular complexity index is 1060. The number of rotatable bonds is 7. The number of hydrogen-bond donors (Lipinski definition) is 0. The van der Waals surface area contributed by atoms with Gasteiger partial charge in [0.05, 0.1) is 5.56 Å². The fourth-order valence-electron chi connectivity index (χ4n) is 5.56. The van der Waals surface area contributed by atoms with E-state index in [9.17, 15) is 18.0 Å². The van der Waals surface area contributed by atoms with Gasteiger partial charge in [0.15, 0.2) is 0 Å². The lowest BCUT2D eigenvalue weighted by molar-refractivity contribution is -0.137. The smallest absolute Gasteiger partial charge is 0.369 e. The maximum atomic E-state index is 13.0. The summed E-state index contributed by atoms with van der Waals surface area (Å²) < 4.78 is 39.0. The summed E-state index contributed by atoms with van der Waals surface area (Å²) in [6.45, 7) is 12.9. The van der Waals surface area contributed by atoms with Crippen molar-refractivity contribution < 1.29 is 18.0 Å². The number of pyridine rings is 1. The molecule has 0 aliphatic carbocycles. The molecule has 1 aromatic heterocycles. The number of alkyl halides is 3. The number of nitrogens with zero attached hydrogens (tertiary/aromatic N) is 4. The Morgan fingerprint density at radius 2 is 1.68 bits per heavy atom. The van der Waals surface area contributed by atoms with E-state index in [2.05, 4.69) is 59.8 Å². The summed E-state index contributed by atoms with van der Waals surface area (Å²) in [6.07, 6.45) is 1.67. The molecule has 2 saturated heterocycles. The second-order valence-corrected chi connectivity index (χ2v) is 11.9. The number of likely N-dealkylation sites (tertiary alicyclic amines) is 1. The first-order valence-electron chi connectivity index (χ1n) is 13.9. The van der Waals surface area contributed by atoms with Crippen LogP contribution >= 0.6 is 0 Å². The van der Waals surface area contributed by atoms with Crippen molar-refractivity contribution in [2.45, 2.75) is 64.5 Å². The van der Waals surface area contributed by atoms with Crippen LogP contribution in [-0.4, -0.2) is 66.5 Å². The maximum absolute atomic E-state index is 13.0. The van der Waals surface area contributed by atoms with Crippen molar-refractivity contribution in [2.75, 3.05) is 50.7 Å². The Morgan fingerprint density at radius 1 is 0.974 bits per heavy atom. The quantitative estimate of drug-likeness (QED) is 0.455. The van der Waals surface area contributed by atoms with Gasteiger partial charge in [0.2, 0.25) is 5.91 Å². The molecule has 8 heteroatoms. The minimum atomic E-state index is -4.39. The minimum Gasteiger partial charge on any atom is -0.369 e. The van der Waals surface area contributed by atoms with E-state index in [-0.39, 0.29) is 17.2 Å². The van der Waals surface area contributed by atoms with Crippen molar-refractivity contribution in [2.24, 2.45) is 5.92 Å². The topological polar surface area (TPSA) is 39.7 Å². The molecule has 0 radical (unpaired) electrons. The highest BCUT2D eigenvalue weighted by molar-refractivity contribution is 5.76. The third-order valence-electron chi connectivity index (χ3n) is 7.85. The molecule has 0 N–H and O–H groups in total. The van der Waals surface area contributed by atoms with Crippen LogP contribution in [0.3, 0.4) is 0 Å². The molecule has 2 aliphatic rings. The van der Waals surface area contributed by atoms with Gasteiger partial charge in [0.25, 0.3) is 0 Å². The number of anilines is 1. The molecule has 2 aliphatic heterocycles. The summed E-state index contributed by atoms with van der Waals surface area (Å²) in [6, 6.07) is 10.1. The average molecular weight is 531 g/mol. The summed E-state index contributed by atoms with van der Waals surface area (Å²) >= 11 is 0. The van der Waals surface area contributed by atoms with Crippen LogP contribution < -0.4 is 4.90 Å². The molecule has 208 valence electrons. The monoisotopic (exact) mass is 530 g/mol. The van der Waals surface area contributed by atoms with Crippen molar-refractivity contribution in [3.8, 4) is 0 Å². The molecule has 5 nitrogen and oxygen atoms in total. The van der Waals surface area contributed by atoms with E-state index < -0.39 is 11.7 Å². The molecule has 1 aromatic carbocycles. The van der Waals surface area contributed by atoms with E-state index in [1.165, 1.54) is 23.5 Å². The average Bonchev–Trinajstić information content (AvgIpc) is 2.88. The predicted molar refractivity (Wildman–Crippen MR) is 145 cm³/mol. The van der Waals surface area contributed by atoms with E-state index in [4.69, 9.17) is 0 Å². The van der Waals surface area contributed by atoms with E-state index in [1.54, 1.807) is 0 Å². The van der Waals surface area contributed by atoms with Gasteiger partial charge in [-0.3, -0.25) is 14.7 Å². The van der Waals surface area contributed by atoms with E-state index in [1.807, 2.05) is 4.90 Å². The molecule has 1 amide bonds. The van der Waals surface area contributed by atoms with Gasteiger partial charge in [-0.2, -0.15) is 13.2 Å². The molecule has 2 fully saturated rings. The minimum absolute atomic E-state index is 0.157. The number of benzene rings is 1. The molecule has 38 heavy (non-hydrogen) atoms. The third kappa shape index (κ3) is 7.71. The number of carbonyl (C=O) groups is 1. The predicted octanol–water partition coefficient (Wildman–Crippen LogP) is 5.78. The van der Waals surface area contributed by atoms with Crippen LogP contribution in [0.1, 0.15) is 63.1 Å². The van der Waals surface area contributed by atoms with Gasteiger partial charge in [-0.1, -0.05) is 32.9 Å². The van der Waals surface area contributed by atoms with Crippen molar-refractivity contribution in [3.05, 3.63) is 59.4 Å². The van der Waals surface area contributed by atoms with Gasteiger partial charge in [0, 0.05) is 63.8 Å². The third-order valence-corrected chi connectivity index (χ3v) is 7.85. The maximum Gasteiger partial charge on any atom is 0.417 e. The van der Waals surface area contributed by atoms with E-state index >= 15 is 0 Å². The number of halogens is 3. The Hall–Kier alpha value is -2.61. The Labute approximate surface area is 225 Å². The fraction of sp³-hybridized carbons (Fsp3) is 0.600. The molecule has 3 heterocycles. The SMILES string of the molecule is CC(C)(C)c1ccc(N2CCN(CCCC(=O)N3CCC[C@H](Cc4cncc(C(F)(F)F)c4)C3)CC2)cc1. The van der Waals surface area contributed by atoms with Crippen LogP contribution in [0.4, 0.5) is 18.9 Å². The second kappa shape index (κ2) is 12.1. The number of piperazine rings is 1. The second-order valence-electron chi connectivity index (χ2n) is 11.9. The zero-order valence-corrected chi connectivity index (χ0v) is 22.9. The number of amides is 1. The molecule has 0 bridgehead atoms. The molecule has 0 spiro atoms. The molecule has 0 unspecified atom stereocenters. The van der Waals surface area contributed by atoms with Crippen molar-refractivity contribution in [3.63, 3.8) is 0 Å². The molecule has 1 atom stereocenters. The molecular weight excluding hydrogens is 489 g/mol.